The molecule has 2 rings (SSSR count). The Balaban J connectivity index is 2.01. The quantitative estimate of drug-likeness (QED) is 0.0983. The summed E-state index contributed by atoms with van der Waals surface area (Å²) < 4.78 is 163. The number of benzene rings is 1. The second-order valence-electron chi connectivity index (χ2n) is 9.93. The summed E-state index contributed by atoms with van der Waals surface area (Å²) in [6.45, 7) is -0.822. The number of nitrogens with zero attached hydrogens (tertiary/aromatic N) is 1. The average Bonchev–Trinajstić information content (AvgIpc) is 2.95. The number of aromatic nitrogens is 1. The normalized spacial score (nSPS) is 13.4. The molecule has 3 nitrogen and oxygen atoms in total. The van der Waals surface area contributed by atoms with Gasteiger partial charge in [0.15, 0.2) is 6.61 Å². The van der Waals surface area contributed by atoms with E-state index in [4.69, 9.17) is 0 Å². The third-order valence-electron chi connectivity index (χ3n) is 6.64. The van der Waals surface area contributed by atoms with E-state index in [0.717, 1.165) is 43.4 Å². The van der Waals surface area contributed by atoms with Crippen molar-refractivity contribution in [3.63, 3.8) is 0 Å². The lowest BCUT2D eigenvalue weighted by atomic mass is 9.94. The van der Waals surface area contributed by atoms with Crippen LogP contribution in [0.15, 0.2) is 42.6 Å². The van der Waals surface area contributed by atoms with E-state index in [9.17, 15) is 57.5 Å². The van der Waals surface area contributed by atoms with E-state index in [1.165, 1.54) is 37.8 Å². The Hall–Kier alpha value is -3.00. The van der Waals surface area contributed by atoms with Gasteiger partial charge >= 0.3 is 42.0 Å². The van der Waals surface area contributed by atoms with Gasteiger partial charge in [0.25, 0.3) is 0 Å². The van der Waals surface area contributed by atoms with Gasteiger partial charge in [-0.3, -0.25) is 4.98 Å². The number of hydrogen-bond donors (Lipinski definition) is 0. The van der Waals surface area contributed by atoms with Crippen LogP contribution in [0.2, 0.25) is 0 Å². The van der Waals surface area contributed by atoms with Gasteiger partial charge in [-0.15, -0.1) is 0 Å². The van der Waals surface area contributed by atoms with E-state index in [1.807, 2.05) is 6.07 Å². The van der Waals surface area contributed by atoms with Gasteiger partial charge in [-0.05, 0) is 36.6 Å². The Labute approximate surface area is 239 Å². The number of pyridine rings is 1. The summed E-state index contributed by atoms with van der Waals surface area (Å²) in [5, 5.41) is 0. The van der Waals surface area contributed by atoms with Crippen LogP contribution in [0.5, 0.6) is 0 Å². The zero-order chi connectivity index (χ0) is 32.7. The van der Waals surface area contributed by atoms with Crippen LogP contribution in [0.25, 0.3) is 11.3 Å². The van der Waals surface area contributed by atoms with Gasteiger partial charge in [0.1, 0.15) is 0 Å². The molecule has 0 aliphatic rings. The first kappa shape index (κ1) is 36.2. The van der Waals surface area contributed by atoms with Gasteiger partial charge in [0.05, 0.1) is 11.3 Å². The van der Waals surface area contributed by atoms with E-state index in [1.54, 1.807) is 12.3 Å². The topological polar surface area (TPSA) is 39.2 Å². The molecule has 0 spiro atoms. The molecule has 0 saturated carbocycles. The van der Waals surface area contributed by atoms with E-state index >= 15 is 0 Å². The van der Waals surface area contributed by atoms with Crippen molar-refractivity contribution in [2.75, 3.05) is 6.61 Å². The van der Waals surface area contributed by atoms with Crippen molar-refractivity contribution in [3.05, 3.63) is 53.7 Å². The first-order valence-corrected chi connectivity index (χ1v) is 13.2. The Morgan fingerprint density at radius 3 is 1.81 bits per heavy atom. The highest BCUT2D eigenvalue weighted by atomic mass is 19.4. The highest BCUT2D eigenvalue weighted by molar-refractivity contribution is 5.90. The van der Waals surface area contributed by atoms with Crippen LogP contribution in [0.3, 0.4) is 0 Å². The Bertz CT molecular complexity index is 1170. The second kappa shape index (κ2) is 14.2. The van der Waals surface area contributed by atoms with Gasteiger partial charge in [0, 0.05) is 11.8 Å². The molecule has 1 heterocycles. The molecule has 242 valence electrons. The van der Waals surface area contributed by atoms with Crippen molar-refractivity contribution in [2.24, 2.45) is 0 Å². The van der Waals surface area contributed by atoms with Crippen molar-refractivity contribution < 1.29 is 62.2 Å². The zero-order valence-electron chi connectivity index (χ0n) is 22.8. The monoisotopic (exact) mass is 639 g/mol. The Morgan fingerprint density at radius 1 is 0.744 bits per heavy atom. The highest BCUT2D eigenvalue weighted by Crippen LogP contribution is 2.58. The second-order valence-corrected chi connectivity index (χ2v) is 9.93. The summed E-state index contributed by atoms with van der Waals surface area (Å²) in [7, 11) is 0. The molecule has 2 aromatic rings. The van der Waals surface area contributed by atoms with E-state index in [0.29, 0.717) is 11.3 Å². The molecule has 1 aromatic carbocycles. The fourth-order valence-electron chi connectivity index (χ4n) is 3.91. The molecule has 0 aliphatic heterocycles. The number of ether oxygens (including phenoxy) is 1. The molecule has 15 heteroatoms. The molecule has 1 aromatic heterocycles. The van der Waals surface area contributed by atoms with Crippen LogP contribution in [-0.2, 0) is 11.2 Å². The predicted octanol–water partition coefficient (Wildman–Crippen LogP) is 9.64. The molecule has 43 heavy (non-hydrogen) atoms. The van der Waals surface area contributed by atoms with Crippen molar-refractivity contribution in [1.82, 2.24) is 4.98 Å². The summed E-state index contributed by atoms with van der Waals surface area (Å²) >= 11 is 0. The van der Waals surface area contributed by atoms with Gasteiger partial charge in [-0.1, -0.05) is 63.6 Å². The number of aryl methyl sites for hydroxylation is 1. The minimum absolute atomic E-state index is 0.428. The van der Waals surface area contributed by atoms with Crippen molar-refractivity contribution in [2.45, 2.75) is 94.3 Å². The third kappa shape index (κ3) is 7.94. The first-order chi connectivity index (χ1) is 19.8. The standard InChI is InChI=1S/C28H29F12NO2/c1-2-3-4-5-6-7-8-9-18-10-15-21(41-16-18)19-11-13-20(14-12-19)22(42)43-17-24(31,32)26(35,36)28(39,40)27(37,38)25(33,34)23(29)30/h10-16,23H,2-9,17H2,1H3. The van der Waals surface area contributed by atoms with Gasteiger partial charge in [0.2, 0.25) is 0 Å². The maximum atomic E-state index is 13.9. The molecular weight excluding hydrogens is 610 g/mol. The minimum Gasteiger partial charge on any atom is -0.455 e. The minimum atomic E-state index is -7.69. The number of rotatable bonds is 17. The van der Waals surface area contributed by atoms with Crippen LogP contribution in [-0.4, -0.2) is 53.6 Å². The number of halogens is 12. The lowest BCUT2D eigenvalue weighted by Crippen LogP contribution is -2.69. The summed E-state index contributed by atoms with van der Waals surface area (Å²) in [4.78, 5) is 16.3. The fraction of sp³-hybridized carbons (Fsp3) is 0.571. The van der Waals surface area contributed by atoms with E-state index in [2.05, 4.69) is 16.6 Å². The number of carbonyl (C=O) groups is 1. The van der Waals surface area contributed by atoms with Crippen LogP contribution in [0.4, 0.5) is 52.7 Å². The smallest absolute Gasteiger partial charge is 0.384 e. The zero-order valence-corrected chi connectivity index (χ0v) is 22.8. The molecule has 0 radical (unpaired) electrons. The van der Waals surface area contributed by atoms with Crippen LogP contribution < -0.4 is 0 Å². The van der Waals surface area contributed by atoms with Gasteiger partial charge < -0.3 is 4.74 Å². The van der Waals surface area contributed by atoms with Crippen LogP contribution >= 0.6 is 0 Å². The summed E-state index contributed by atoms with van der Waals surface area (Å²) in [5.41, 5.74) is 1.30. The third-order valence-corrected chi connectivity index (χ3v) is 6.64. The number of carbonyl (C=O) groups excluding carboxylic acids is 1. The lowest BCUT2D eigenvalue weighted by molar-refractivity contribution is -0.414. The van der Waals surface area contributed by atoms with Crippen molar-refractivity contribution in [3.8, 4) is 11.3 Å². The number of hydrogen-bond acceptors (Lipinski definition) is 3. The summed E-state index contributed by atoms with van der Waals surface area (Å²) in [5.74, 6) is -37.9. The lowest BCUT2D eigenvalue weighted by Gasteiger charge is -2.38. The molecule has 0 atom stereocenters. The first-order valence-electron chi connectivity index (χ1n) is 13.2. The van der Waals surface area contributed by atoms with Crippen molar-refractivity contribution >= 4 is 5.97 Å². The van der Waals surface area contributed by atoms with Gasteiger partial charge in [-0.2, -0.15) is 43.9 Å². The molecule has 0 amide bonds. The summed E-state index contributed by atoms with van der Waals surface area (Å²) in [6, 6.07) is 8.01. The van der Waals surface area contributed by atoms with Crippen LogP contribution in [0, 0.1) is 0 Å². The number of unbranched alkanes of at least 4 members (excludes halogenated alkanes) is 6. The van der Waals surface area contributed by atoms with Crippen LogP contribution in [0.1, 0.15) is 67.8 Å². The highest BCUT2D eigenvalue weighted by Gasteiger charge is 2.87. The van der Waals surface area contributed by atoms with E-state index < -0.39 is 54.2 Å². The molecule has 0 fully saturated rings. The summed E-state index contributed by atoms with van der Waals surface area (Å²) in [6.07, 6.45) is 4.85. The maximum absolute atomic E-state index is 13.9. The maximum Gasteiger partial charge on any atom is 0.384 e. The molecule has 0 saturated heterocycles. The predicted molar refractivity (Wildman–Crippen MR) is 132 cm³/mol. The molecule has 0 unspecified atom stereocenters. The fourth-order valence-corrected chi connectivity index (χ4v) is 3.91. The molecule has 0 aliphatic carbocycles. The molecule has 0 bridgehead atoms. The van der Waals surface area contributed by atoms with Gasteiger partial charge in [-0.25, -0.2) is 13.6 Å². The SMILES string of the molecule is CCCCCCCCCc1ccc(-c2ccc(C(=O)OCC(F)(F)C(F)(F)C(F)(F)C(F)(F)C(F)(F)C(F)F)cc2)nc1. The average molecular weight is 640 g/mol. The largest absolute Gasteiger partial charge is 0.455 e. The van der Waals surface area contributed by atoms with E-state index in [-0.39, 0.29) is 0 Å². The van der Waals surface area contributed by atoms with Crippen molar-refractivity contribution in [1.29, 1.82) is 0 Å². The molecule has 0 N–H and O–H groups in total. The Morgan fingerprint density at radius 2 is 1.30 bits per heavy atom. The number of esters is 1. The molecular formula is C28H29F12NO2. The Kier molecular flexibility index (Phi) is 11.9. The number of alkyl halides is 12.